The minimum atomic E-state index is -0.624. The standard InChI is InChI=1S/C21H22ClNO3S/c1-14-8-10-27-20(14)13-23(12-18-5-4-9-25-18)21(24)16(3)26-17-6-7-19(22)15(2)11-17/h4-11,16H,12-13H2,1-3H3. The number of carbonyl (C=O) groups is 1. The summed E-state index contributed by atoms with van der Waals surface area (Å²) in [5.41, 5.74) is 2.09. The summed E-state index contributed by atoms with van der Waals surface area (Å²) < 4.78 is 11.3. The van der Waals surface area contributed by atoms with Crippen LogP contribution in [0, 0.1) is 13.8 Å². The summed E-state index contributed by atoms with van der Waals surface area (Å²) in [5.74, 6) is 1.28. The maximum absolute atomic E-state index is 13.1. The summed E-state index contributed by atoms with van der Waals surface area (Å²) in [7, 11) is 0. The number of amides is 1. The van der Waals surface area contributed by atoms with Crippen LogP contribution in [0.5, 0.6) is 5.75 Å². The number of halogens is 1. The van der Waals surface area contributed by atoms with Crippen LogP contribution in [-0.4, -0.2) is 16.9 Å². The van der Waals surface area contributed by atoms with Gasteiger partial charge in [-0.15, -0.1) is 11.3 Å². The normalized spacial score (nSPS) is 12.0. The lowest BCUT2D eigenvalue weighted by Crippen LogP contribution is -2.39. The van der Waals surface area contributed by atoms with Gasteiger partial charge in [-0.05, 0) is 73.7 Å². The van der Waals surface area contributed by atoms with E-state index in [1.807, 2.05) is 30.5 Å². The molecule has 1 unspecified atom stereocenters. The highest BCUT2D eigenvalue weighted by Gasteiger charge is 2.24. The van der Waals surface area contributed by atoms with E-state index in [0.717, 1.165) is 16.2 Å². The first-order chi connectivity index (χ1) is 12.9. The molecule has 6 heteroatoms. The van der Waals surface area contributed by atoms with Crippen LogP contribution < -0.4 is 4.74 Å². The molecular weight excluding hydrogens is 382 g/mol. The molecule has 0 bridgehead atoms. The van der Waals surface area contributed by atoms with E-state index in [1.165, 1.54) is 5.56 Å². The van der Waals surface area contributed by atoms with Crippen molar-refractivity contribution in [1.29, 1.82) is 0 Å². The molecule has 1 aromatic carbocycles. The third kappa shape index (κ3) is 4.93. The van der Waals surface area contributed by atoms with E-state index >= 15 is 0 Å². The van der Waals surface area contributed by atoms with E-state index in [4.69, 9.17) is 20.8 Å². The van der Waals surface area contributed by atoms with Crippen LogP contribution in [0.3, 0.4) is 0 Å². The molecule has 1 amide bonds. The monoisotopic (exact) mass is 403 g/mol. The van der Waals surface area contributed by atoms with Gasteiger partial charge >= 0.3 is 0 Å². The largest absolute Gasteiger partial charge is 0.481 e. The molecule has 2 aromatic heterocycles. The Morgan fingerprint density at radius 3 is 2.67 bits per heavy atom. The zero-order valence-electron chi connectivity index (χ0n) is 15.6. The lowest BCUT2D eigenvalue weighted by atomic mass is 10.2. The lowest BCUT2D eigenvalue weighted by molar-refractivity contribution is -0.139. The second-order valence-electron chi connectivity index (χ2n) is 6.47. The van der Waals surface area contributed by atoms with Crippen LogP contribution in [0.2, 0.25) is 5.02 Å². The SMILES string of the molecule is Cc1cc(OC(C)C(=O)N(Cc2ccco2)Cc2sccc2C)ccc1Cl. The Morgan fingerprint density at radius 2 is 2.04 bits per heavy atom. The van der Waals surface area contributed by atoms with Gasteiger partial charge in [-0.3, -0.25) is 4.79 Å². The minimum Gasteiger partial charge on any atom is -0.481 e. The van der Waals surface area contributed by atoms with Gasteiger partial charge in [0.2, 0.25) is 0 Å². The average molecular weight is 404 g/mol. The summed E-state index contributed by atoms with van der Waals surface area (Å²) in [4.78, 5) is 16.0. The summed E-state index contributed by atoms with van der Waals surface area (Å²) in [6.07, 6.45) is 0.992. The zero-order chi connectivity index (χ0) is 19.4. The molecule has 0 saturated heterocycles. The summed E-state index contributed by atoms with van der Waals surface area (Å²) in [6, 6.07) is 11.2. The molecule has 0 aliphatic rings. The van der Waals surface area contributed by atoms with Crippen molar-refractivity contribution in [2.75, 3.05) is 0 Å². The number of ether oxygens (including phenoxy) is 1. The van der Waals surface area contributed by atoms with Crippen molar-refractivity contribution >= 4 is 28.8 Å². The number of carbonyl (C=O) groups excluding carboxylic acids is 1. The fourth-order valence-corrected chi connectivity index (χ4v) is 3.78. The second kappa shape index (κ2) is 8.63. The highest BCUT2D eigenvalue weighted by atomic mass is 35.5. The quantitative estimate of drug-likeness (QED) is 0.515. The van der Waals surface area contributed by atoms with Crippen LogP contribution in [0.15, 0.2) is 52.5 Å². The maximum atomic E-state index is 13.1. The van der Waals surface area contributed by atoms with Gasteiger partial charge in [0.25, 0.3) is 5.91 Å². The van der Waals surface area contributed by atoms with Crippen molar-refractivity contribution in [3.8, 4) is 5.75 Å². The van der Waals surface area contributed by atoms with Gasteiger partial charge in [0, 0.05) is 9.90 Å². The highest BCUT2D eigenvalue weighted by molar-refractivity contribution is 7.10. The van der Waals surface area contributed by atoms with Crippen molar-refractivity contribution in [1.82, 2.24) is 4.90 Å². The van der Waals surface area contributed by atoms with E-state index in [1.54, 1.807) is 41.6 Å². The van der Waals surface area contributed by atoms with E-state index in [2.05, 4.69) is 13.0 Å². The van der Waals surface area contributed by atoms with Crippen molar-refractivity contribution < 1.29 is 13.9 Å². The highest BCUT2D eigenvalue weighted by Crippen LogP contribution is 2.24. The van der Waals surface area contributed by atoms with Gasteiger partial charge in [0.05, 0.1) is 19.4 Å². The molecule has 3 aromatic rings. The maximum Gasteiger partial charge on any atom is 0.264 e. The smallest absolute Gasteiger partial charge is 0.264 e. The van der Waals surface area contributed by atoms with Crippen molar-refractivity contribution in [3.63, 3.8) is 0 Å². The molecule has 0 N–H and O–H groups in total. The first kappa shape index (κ1) is 19.5. The van der Waals surface area contributed by atoms with Gasteiger partial charge in [-0.2, -0.15) is 0 Å². The van der Waals surface area contributed by atoms with E-state index in [-0.39, 0.29) is 5.91 Å². The molecule has 1 atom stereocenters. The van der Waals surface area contributed by atoms with Gasteiger partial charge in [-0.25, -0.2) is 0 Å². The number of aryl methyl sites for hydroxylation is 2. The van der Waals surface area contributed by atoms with Crippen molar-refractivity contribution in [2.24, 2.45) is 0 Å². The molecule has 0 radical (unpaired) electrons. The first-order valence-electron chi connectivity index (χ1n) is 8.71. The molecule has 0 aliphatic heterocycles. The Hall–Kier alpha value is -2.24. The summed E-state index contributed by atoms with van der Waals surface area (Å²) in [6.45, 7) is 6.65. The third-order valence-electron chi connectivity index (χ3n) is 4.33. The molecule has 0 spiro atoms. The van der Waals surface area contributed by atoms with Crippen LogP contribution in [-0.2, 0) is 17.9 Å². The van der Waals surface area contributed by atoms with Gasteiger partial charge in [0.1, 0.15) is 11.5 Å². The van der Waals surface area contributed by atoms with E-state index < -0.39 is 6.10 Å². The molecule has 0 aliphatic carbocycles. The Labute approximate surface area is 168 Å². The van der Waals surface area contributed by atoms with Crippen LogP contribution in [0.25, 0.3) is 0 Å². The molecule has 0 fully saturated rings. The Balaban J connectivity index is 1.76. The summed E-state index contributed by atoms with van der Waals surface area (Å²) in [5, 5.41) is 2.71. The number of hydrogen-bond acceptors (Lipinski definition) is 4. The number of furan rings is 1. The topological polar surface area (TPSA) is 42.7 Å². The van der Waals surface area contributed by atoms with Crippen LogP contribution in [0.1, 0.15) is 28.7 Å². The van der Waals surface area contributed by atoms with E-state index in [0.29, 0.717) is 23.9 Å². The van der Waals surface area contributed by atoms with Crippen LogP contribution >= 0.6 is 22.9 Å². The molecule has 4 nitrogen and oxygen atoms in total. The van der Waals surface area contributed by atoms with Gasteiger partial charge < -0.3 is 14.1 Å². The van der Waals surface area contributed by atoms with Crippen molar-refractivity contribution in [3.05, 3.63) is 74.8 Å². The average Bonchev–Trinajstić information content (AvgIpc) is 3.29. The summed E-state index contributed by atoms with van der Waals surface area (Å²) >= 11 is 7.71. The second-order valence-corrected chi connectivity index (χ2v) is 7.88. The fourth-order valence-electron chi connectivity index (χ4n) is 2.74. The molecule has 0 saturated carbocycles. The Bertz CT molecular complexity index is 904. The fraction of sp³-hybridized carbons (Fsp3) is 0.286. The van der Waals surface area contributed by atoms with Gasteiger partial charge in [-0.1, -0.05) is 11.6 Å². The minimum absolute atomic E-state index is 0.0909. The van der Waals surface area contributed by atoms with Crippen LogP contribution in [0.4, 0.5) is 0 Å². The lowest BCUT2D eigenvalue weighted by Gasteiger charge is -2.25. The predicted octanol–water partition coefficient (Wildman–Crippen LogP) is 5.61. The molecule has 27 heavy (non-hydrogen) atoms. The predicted molar refractivity (Wildman–Crippen MR) is 108 cm³/mol. The zero-order valence-corrected chi connectivity index (χ0v) is 17.1. The number of thiophene rings is 1. The Morgan fingerprint density at radius 1 is 1.22 bits per heavy atom. The number of rotatable bonds is 7. The molecule has 2 heterocycles. The number of hydrogen-bond donors (Lipinski definition) is 0. The van der Waals surface area contributed by atoms with Crippen molar-refractivity contribution in [2.45, 2.75) is 40.0 Å². The van der Waals surface area contributed by atoms with E-state index in [9.17, 15) is 4.79 Å². The number of nitrogens with zero attached hydrogens (tertiary/aromatic N) is 1. The third-order valence-corrected chi connectivity index (χ3v) is 5.76. The Kier molecular flexibility index (Phi) is 6.24. The van der Waals surface area contributed by atoms with Gasteiger partial charge in [0.15, 0.2) is 6.10 Å². The first-order valence-corrected chi connectivity index (χ1v) is 9.96. The molecule has 3 rings (SSSR count). The number of benzene rings is 1. The molecular formula is C21H22ClNO3S. The molecule has 142 valence electrons.